The van der Waals surface area contributed by atoms with Gasteiger partial charge in [0.25, 0.3) is 0 Å². The third kappa shape index (κ3) is 2.65. The third-order valence-electron chi connectivity index (χ3n) is 3.96. The molecule has 4 nitrogen and oxygen atoms in total. The Kier molecular flexibility index (Phi) is 4.15. The van der Waals surface area contributed by atoms with Crippen LogP contribution >= 0.6 is 0 Å². The van der Waals surface area contributed by atoms with E-state index in [1.165, 1.54) is 0 Å². The molecule has 0 aliphatic rings. The van der Waals surface area contributed by atoms with Crippen LogP contribution in [-0.4, -0.2) is 9.97 Å². The van der Waals surface area contributed by atoms with Gasteiger partial charge in [-0.3, -0.25) is 0 Å². The number of fused-ring (bicyclic) bond motifs is 1. The van der Waals surface area contributed by atoms with Crippen LogP contribution in [0.25, 0.3) is 11.0 Å². The Balaban J connectivity index is 2.84. The molecule has 22 heavy (non-hydrogen) atoms. The summed E-state index contributed by atoms with van der Waals surface area (Å²) in [7, 11) is 0. The molecule has 1 unspecified atom stereocenters. The van der Waals surface area contributed by atoms with Gasteiger partial charge in [0.1, 0.15) is 0 Å². The predicted molar refractivity (Wildman–Crippen MR) is 86.1 cm³/mol. The van der Waals surface area contributed by atoms with Crippen molar-refractivity contribution in [2.75, 3.05) is 0 Å². The van der Waals surface area contributed by atoms with Gasteiger partial charge in [0.15, 0.2) is 0 Å². The molecule has 1 heterocycles. The van der Waals surface area contributed by atoms with Gasteiger partial charge in [-0.2, -0.15) is 10.5 Å². The number of hydrogen-bond acceptors (Lipinski definition) is 4. The Bertz CT molecular complexity index is 780. The normalized spacial score (nSPS) is 14.1. The van der Waals surface area contributed by atoms with Crippen LogP contribution in [-0.2, 0) is 10.8 Å². The highest BCUT2D eigenvalue weighted by Crippen LogP contribution is 2.35. The second-order valence-electron chi connectivity index (χ2n) is 6.34. The van der Waals surface area contributed by atoms with Crippen LogP contribution in [0, 0.1) is 22.7 Å². The lowest BCUT2D eigenvalue weighted by Crippen LogP contribution is -2.29. The van der Waals surface area contributed by atoms with Crippen molar-refractivity contribution in [3.05, 3.63) is 35.7 Å². The standard InChI is InChI=1S/C18H20N4/c1-5-10-18(4,12-20)16-15(17(2,3)11-19)21-13-8-6-7-9-14(13)22-16/h6-9H,5,10H2,1-4H3. The fourth-order valence-electron chi connectivity index (χ4n) is 2.60. The quantitative estimate of drug-likeness (QED) is 0.853. The van der Waals surface area contributed by atoms with Crippen LogP contribution in [0.4, 0.5) is 0 Å². The summed E-state index contributed by atoms with van der Waals surface area (Å²) in [6.45, 7) is 7.56. The average molecular weight is 292 g/mol. The Labute approximate surface area is 131 Å². The Morgan fingerprint density at radius 3 is 1.95 bits per heavy atom. The van der Waals surface area contributed by atoms with Crippen molar-refractivity contribution in [2.45, 2.75) is 51.4 Å². The fraction of sp³-hybridized carbons (Fsp3) is 0.444. The van der Waals surface area contributed by atoms with Crippen molar-refractivity contribution < 1.29 is 0 Å². The zero-order valence-corrected chi connectivity index (χ0v) is 13.5. The highest BCUT2D eigenvalue weighted by molar-refractivity contribution is 5.75. The lowest BCUT2D eigenvalue weighted by Gasteiger charge is -2.27. The largest absolute Gasteiger partial charge is 0.248 e. The molecule has 0 spiro atoms. The van der Waals surface area contributed by atoms with E-state index in [2.05, 4.69) is 17.1 Å². The molecule has 2 aromatic rings. The van der Waals surface area contributed by atoms with Gasteiger partial charge in [0, 0.05) is 0 Å². The highest BCUT2D eigenvalue weighted by Gasteiger charge is 2.36. The maximum absolute atomic E-state index is 9.70. The van der Waals surface area contributed by atoms with E-state index in [0.29, 0.717) is 17.8 Å². The molecule has 0 saturated carbocycles. The number of nitrogens with zero attached hydrogens (tertiary/aromatic N) is 4. The molecule has 1 aromatic heterocycles. The maximum Gasteiger partial charge on any atom is 0.0984 e. The third-order valence-corrected chi connectivity index (χ3v) is 3.96. The van der Waals surface area contributed by atoms with E-state index >= 15 is 0 Å². The molecule has 0 aliphatic carbocycles. The fourth-order valence-corrected chi connectivity index (χ4v) is 2.60. The summed E-state index contributed by atoms with van der Waals surface area (Å²) in [5.74, 6) is 0. The molecule has 0 fully saturated rings. The number of nitriles is 2. The summed E-state index contributed by atoms with van der Waals surface area (Å²) in [6, 6.07) is 12.2. The summed E-state index contributed by atoms with van der Waals surface area (Å²) in [5, 5.41) is 19.2. The van der Waals surface area contributed by atoms with Crippen molar-refractivity contribution in [1.82, 2.24) is 9.97 Å². The Morgan fingerprint density at radius 1 is 0.955 bits per heavy atom. The second kappa shape index (κ2) is 5.73. The first-order valence-corrected chi connectivity index (χ1v) is 7.48. The van der Waals surface area contributed by atoms with Crippen LogP contribution in [0.15, 0.2) is 24.3 Å². The summed E-state index contributed by atoms with van der Waals surface area (Å²) in [4.78, 5) is 9.39. The molecule has 0 N–H and O–H groups in total. The van der Waals surface area contributed by atoms with Crippen molar-refractivity contribution in [2.24, 2.45) is 0 Å². The minimum atomic E-state index is -0.793. The topological polar surface area (TPSA) is 73.4 Å². The number of hydrogen-bond donors (Lipinski definition) is 0. The maximum atomic E-state index is 9.70. The van der Waals surface area contributed by atoms with Gasteiger partial charge in [-0.1, -0.05) is 25.5 Å². The van der Waals surface area contributed by atoms with Gasteiger partial charge in [-0.05, 0) is 39.3 Å². The van der Waals surface area contributed by atoms with Gasteiger partial charge in [-0.15, -0.1) is 0 Å². The molecule has 0 amide bonds. The minimum absolute atomic E-state index is 0.603. The number of aromatic nitrogens is 2. The second-order valence-corrected chi connectivity index (χ2v) is 6.34. The smallest absolute Gasteiger partial charge is 0.0984 e. The van der Waals surface area contributed by atoms with Crippen LogP contribution in [0.2, 0.25) is 0 Å². The molecular formula is C18H20N4. The number of para-hydroxylation sites is 2. The first-order chi connectivity index (χ1) is 10.4. The zero-order chi connectivity index (χ0) is 16.4. The van der Waals surface area contributed by atoms with Crippen LogP contribution in [0.5, 0.6) is 0 Å². The van der Waals surface area contributed by atoms with E-state index in [4.69, 9.17) is 4.98 Å². The van der Waals surface area contributed by atoms with E-state index in [1.54, 1.807) is 0 Å². The lowest BCUT2D eigenvalue weighted by atomic mass is 9.77. The molecule has 1 aromatic carbocycles. The SMILES string of the molecule is CCCC(C)(C#N)c1nc2ccccc2nc1C(C)(C)C#N. The first-order valence-electron chi connectivity index (χ1n) is 7.48. The number of benzene rings is 1. The molecule has 0 aliphatic heterocycles. The zero-order valence-electron chi connectivity index (χ0n) is 13.5. The minimum Gasteiger partial charge on any atom is -0.248 e. The molecule has 112 valence electrons. The predicted octanol–water partition coefficient (Wildman–Crippen LogP) is 4.01. The van der Waals surface area contributed by atoms with Crippen LogP contribution < -0.4 is 0 Å². The van der Waals surface area contributed by atoms with Gasteiger partial charge in [0.2, 0.25) is 0 Å². The molecule has 1 atom stereocenters. The lowest BCUT2D eigenvalue weighted by molar-refractivity contribution is 0.505. The van der Waals surface area contributed by atoms with Crippen molar-refractivity contribution in [3.63, 3.8) is 0 Å². The van der Waals surface area contributed by atoms with Gasteiger partial charge in [-0.25, -0.2) is 9.97 Å². The Morgan fingerprint density at radius 2 is 1.50 bits per heavy atom. The highest BCUT2D eigenvalue weighted by atomic mass is 14.9. The van der Waals surface area contributed by atoms with E-state index in [9.17, 15) is 10.5 Å². The van der Waals surface area contributed by atoms with Gasteiger partial charge < -0.3 is 0 Å². The molecule has 4 heteroatoms. The van der Waals surface area contributed by atoms with E-state index < -0.39 is 10.8 Å². The molecule has 0 saturated heterocycles. The summed E-state index contributed by atoms with van der Waals surface area (Å²) < 4.78 is 0. The average Bonchev–Trinajstić information content (AvgIpc) is 2.53. The van der Waals surface area contributed by atoms with Gasteiger partial charge >= 0.3 is 0 Å². The molecular weight excluding hydrogens is 272 g/mol. The monoisotopic (exact) mass is 292 g/mol. The number of rotatable bonds is 4. The van der Waals surface area contributed by atoms with Crippen molar-refractivity contribution >= 4 is 11.0 Å². The summed E-state index contributed by atoms with van der Waals surface area (Å²) in [5.41, 5.74) is 1.20. The summed E-state index contributed by atoms with van der Waals surface area (Å²) in [6.07, 6.45) is 1.55. The van der Waals surface area contributed by atoms with Crippen molar-refractivity contribution in [3.8, 4) is 12.1 Å². The van der Waals surface area contributed by atoms with E-state index in [0.717, 1.165) is 17.5 Å². The van der Waals surface area contributed by atoms with E-state index in [1.807, 2.05) is 52.0 Å². The first kappa shape index (κ1) is 15.9. The van der Waals surface area contributed by atoms with E-state index in [-0.39, 0.29) is 0 Å². The van der Waals surface area contributed by atoms with Crippen LogP contribution in [0.1, 0.15) is 51.9 Å². The Hall–Kier alpha value is -2.46. The van der Waals surface area contributed by atoms with Crippen molar-refractivity contribution in [1.29, 1.82) is 10.5 Å². The van der Waals surface area contributed by atoms with Crippen LogP contribution in [0.3, 0.4) is 0 Å². The molecule has 2 rings (SSSR count). The summed E-state index contributed by atoms with van der Waals surface area (Å²) >= 11 is 0. The van der Waals surface area contributed by atoms with Gasteiger partial charge in [0.05, 0.1) is 45.4 Å². The molecule has 0 bridgehead atoms. The molecule has 0 radical (unpaired) electrons.